The number of aromatic nitrogens is 3. The van der Waals surface area contributed by atoms with E-state index in [-0.39, 0.29) is 17.1 Å². The molecule has 0 spiro atoms. The number of halogens is 1. The number of nitrogens with one attached hydrogen (secondary N) is 1. The van der Waals surface area contributed by atoms with Gasteiger partial charge in [0.05, 0.1) is 22.0 Å². The lowest BCUT2D eigenvalue weighted by Gasteiger charge is -2.07. The highest BCUT2D eigenvalue weighted by Crippen LogP contribution is 2.20. The van der Waals surface area contributed by atoms with E-state index in [9.17, 15) is 19.3 Å². The molecule has 0 aliphatic rings. The molecule has 8 nitrogen and oxygen atoms in total. The molecule has 0 bridgehead atoms. The predicted octanol–water partition coefficient (Wildman–Crippen LogP) is 3.18. The summed E-state index contributed by atoms with van der Waals surface area (Å²) in [5.41, 5.74) is 1.49. The van der Waals surface area contributed by atoms with Gasteiger partial charge in [0.15, 0.2) is 5.69 Å². The normalized spacial score (nSPS) is 10.6. The van der Waals surface area contributed by atoms with E-state index in [1.54, 1.807) is 26.0 Å². The molecule has 0 aliphatic heterocycles. The van der Waals surface area contributed by atoms with E-state index in [0.29, 0.717) is 11.4 Å². The number of hydrogen-bond donors (Lipinski definition) is 1. The first-order chi connectivity index (χ1) is 12.4. The maximum Gasteiger partial charge on any atom is 0.278 e. The first-order valence-corrected chi connectivity index (χ1v) is 7.61. The fourth-order valence-electron chi connectivity index (χ4n) is 2.44. The maximum absolute atomic E-state index is 13.8. The van der Waals surface area contributed by atoms with Gasteiger partial charge in [0.25, 0.3) is 11.6 Å². The van der Waals surface area contributed by atoms with E-state index in [0.717, 1.165) is 5.56 Å². The Kier molecular flexibility index (Phi) is 4.44. The minimum atomic E-state index is -0.622. The van der Waals surface area contributed by atoms with Crippen molar-refractivity contribution < 1.29 is 14.1 Å². The number of carbonyl (C=O) groups is 1. The molecule has 0 unspecified atom stereocenters. The van der Waals surface area contributed by atoms with Crippen LogP contribution in [0.15, 0.2) is 42.5 Å². The van der Waals surface area contributed by atoms with Gasteiger partial charge in [0.2, 0.25) is 0 Å². The summed E-state index contributed by atoms with van der Waals surface area (Å²) in [6.07, 6.45) is 0. The maximum atomic E-state index is 13.8. The van der Waals surface area contributed by atoms with Gasteiger partial charge in [-0.3, -0.25) is 14.9 Å². The third-order valence-corrected chi connectivity index (χ3v) is 3.76. The molecule has 2 aromatic carbocycles. The Morgan fingerprint density at radius 2 is 2.00 bits per heavy atom. The number of non-ortho nitro benzene ring substituents is 1. The minimum absolute atomic E-state index is 0.00240. The SMILES string of the molecule is Cc1ccc(F)c(NC(=O)c2nnn(-c3cccc([N+](=O)[O-])c3)c2C)c1. The second-order valence-electron chi connectivity index (χ2n) is 5.65. The van der Waals surface area contributed by atoms with Gasteiger partial charge in [-0.2, -0.15) is 0 Å². The molecular weight excluding hydrogens is 341 g/mol. The number of anilines is 1. The highest BCUT2D eigenvalue weighted by atomic mass is 19.1. The van der Waals surface area contributed by atoms with Crippen LogP contribution < -0.4 is 5.32 Å². The van der Waals surface area contributed by atoms with Gasteiger partial charge in [0, 0.05) is 12.1 Å². The van der Waals surface area contributed by atoms with E-state index in [1.165, 1.54) is 35.0 Å². The summed E-state index contributed by atoms with van der Waals surface area (Å²) >= 11 is 0. The lowest BCUT2D eigenvalue weighted by Crippen LogP contribution is -2.15. The van der Waals surface area contributed by atoms with Crippen molar-refractivity contribution in [1.82, 2.24) is 15.0 Å². The second-order valence-corrected chi connectivity index (χ2v) is 5.65. The number of nitro benzene ring substituents is 1. The summed E-state index contributed by atoms with van der Waals surface area (Å²) in [6.45, 7) is 3.37. The summed E-state index contributed by atoms with van der Waals surface area (Å²) in [7, 11) is 0. The average Bonchev–Trinajstić information content (AvgIpc) is 3.00. The molecule has 0 saturated heterocycles. The molecule has 0 fully saturated rings. The molecule has 1 aromatic heterocycles. The van der Waals surface area contributed by atoms with Crippen LogP contribution in [0.5, 0.6) is 0 Å². The third-order valence-electron chi connectivity index (χ3n) is 3.76. The topological polar surface area (TPSA) is 103 Å². The van der Waals surface area contributed by atoms with E-state index in [1.807, 2.05) is 0 Å². The first-order valence-electron chi connectivity index (χ1n) is 7.61. The Labute approximate surface area is 147 Å². The Hall–Kier alpha value is -3.62. The summed E-state index contributed by atoms with van der Waals surface area (Å²) in [5.74, 6) is -1.18. The lowest BCUT2D eigenvalue weighted by molar-refractivity contribution is -0.384. The Morgan fingerprint density at radius 1 is 1.23 bits per heavy atom. The molecule has 3 rings (SSSR count). The van der Waals surface area contributed by atoms with Crippen molar-refractivity contribution in [3.8, 4) is 5.69 Å². The van der Waals surface area contributed by atoms with E-state index < -0.39 is 16.6 Å². The van der Waals surface area contributed by atoms with Crippen molar-refractivity contribution in [2.45, 2.75) is 13.8 Å². The molecule has 0 saturated carbocycles. The van der Waals surface area contributed by atoms with Crippen molar-refractivity contribution in [2.75, 3.05) is 5.32 Å². The molecule has 1 amide bonds. The van der Waals surface area contributed by atoms with Gasteiger partial charge in [-0.15, -0.1) is 5.10 Å². The number of amides is 1. The van der Waals surface area contributed by atoms with Gasteiger partial charge in [-0.25, -0.2) is 9.07 Å². The predicted molar refractivity (Wildman–Crippen MR) is 91.8 cm³/mol. The summed E-state index contributed by atoms with van der Waals surface area (Å²) < 4.78 is 15.1. The molecule has 3 aromatic rings. The molecule has 26 heavy (non-hydrogen) atoms. The number of benzene rings is 2. The zero-order valence-corrected chi connectivity index (χ0v) is 13.9. The van der Waals surface area contributed by atoms with Crippen LogP contribution in [0.25, 0.3) is 5.69 Å². The standard InChI is InChI=1S/C17H14FN5O3/c1-10-6-7-14(18)15(8-10)19-17(24)16-11(2)22(21-20-16)12-4-3-5-13(9-12)23(25)26/h3-9H,1-2H3,(H,19,24). The van der Waals surface area contributed by atoms with Crippen molar-refractivity contribution in [2.24, 2.45) is 0 Å². The molecule has 1 N–H and O–H groups in total. The van der Waals surface area contributed by atoms with E-state index in [4.69, 9.17) is 0 Å². The van der Waals surface area contributed by atoms with Crippen molar-refractivity contribution in [3.63, 3.8) is 0 Å². The Morgan fingerprint density at radius 3 is 2.73 bits per heavy atom. The van der Waals surface area contributed by atoms with Gasteiger partial charge in [-0.05, 0) is 37.6 Å². The smallest absolute Gasteiger partial charge is 0.278 e. The fourth-order valence-corrected chi connectivity index (χ4v) is 2.44. The van der Waals surface area contributed by atoms with Gasteiger partial charge in [-0.1, -0.05) is 17.3 Å². The quantitative estimate of drug-likeness (QED) is 0.572. The largest absolute Gasteiger partial charge is 0.318 e. The van der Waals surface area contributed by atoms with Crippen LogP contribution in [0.2, 0.25) is 0 Å². The van der Waals surface area contributed by atoms with Crippen LogP contribution in [0.4, 0.5) is 15.8 Å². The zero-order chi connectivity index (χ0) is 18.8. The van der Waals surface area contributed by atoms with Crippen molar-refractivity contribution >= 4 is 17.3 Å². The highest BCUT2D eigenvalue weighted by molar-refractivity contribution is 6.03. The Bertz CT molecular complexity index is 1020. The van der Waals surface area contributed by atoms with E-state index >= 15 is 0 Å². The number of nitrogens with zero attached hydrogens (tertiary/aromatic N) is 4. The number of hydrogen-bond acceptors (Lipinski definition) is 5. The third kappa shape index (κ3) is 3.27. The number of carbonyl (C=O) groups excluding carboxylic acids is 1. The van der Waals surface area contributed by atoms with Crippen molar-refractivity contribution in [3.05, 3.63) is 75.3 Å². The second kappa shape index (κ2) is 6.71. The van der Waals surface area contributed by atoms with Gasteiger partial charge < -0.3 is 5.32 Å². The summed E-state index contributed by atoms with van der Waals surface area (Å²) in [5, 5.41) is 21.1. The van der Waals surface area contributed by atoms with Crippen LogP contribution >= 0.6 is 0 Å². The van der Waals surface area contributed by atoms with Gasteiger partial charge >= 0.3 is 0 Å². The molecule has 0 aliphatic carbocycles. The molecule has 1 heterocycles. The monoisotopic (exact) mass is 355 g/mol. The minimum Gasteiger partial charge on any atom is -0.318 e. The van der Waals surface area contributed by atoms with Gasteiger partial charge in [0.1, 0.15) is 5.82 Å². The lowest BCUT2D eigenvalue weighted by atomic mass is 10.2. The Balaban J connectivity index is 1.91. The summed E-state index contributed by atoms with van der Waals surface area (Å²) in [4.78, 5) is 22.8. The van der Waals surface area contributed by atoms with Crippen LogP contribution in [0.3, 0.4) is 0 Å². The van der Waals surface area contributed by atoms with Crippen LogP contribution in [0, 0.1) is 29.8 Å². The molecule has 132 valence electrons. The van der Waals surface area contributed by atoms with Crippen LogP contribution in [-0.4, -0.2) is 25.8 Å². The number of aryl methyl sites for hydroxylation is 1. The molecular formula is C17H14FN5O3. The molecule has 0 atom stereocenters. The number of rotatable bonds is 4. The molecule has 9 heteroatoms. The zero-order valence-electron chi connectivity index (χ0n) is 13.9. The van der Waals surface area contributed by atoms with Crippen LogP contribution in [-0.2, 0) is 0 Å². The molecule has 0 radical (unpaired) electrons. The average molecular weight is 355 g/mol. The fraction of sp³-hybridized carbons (Fsp3) is 0.118. The van der Waals surface area contributed by atoms with Crippen LogP contribution in [0.1, 0.15) is 21.7 Å². The highest BCUT2D eigenvalue weighted by Gasteiger charge is 2.19. The van der Waals surface area contributed by atoms with E-state index in [2.05, 4.69) is 15.6 Å². The first kappa shape index (κ1) is 17.2. The number of nitro groups is 1. The van der Waals surface area contributed by atoms with Crippen molar-refractivity contribution in [1.29, 1.82) is 0 Å². The summed E-state index contributed by atoms with van der Waals surface area (Å²) in [6, 6.07) is 10.2.